The fraction of sp³-hybridized carbons (Fsp3) is 0.316. The number of likely N-dealkylation sites (tertiary alicyclic amines) is 1. The third-order valence-corrected chi connectivity index (χ3v) is 4.68. The zero-order valence-corrected chi connectivity index (χ0v) is 14.3. The highest BCUT2D eigenvalue weighted by Crippen LogP contribution is 2.26. The normalized spacial score (nSPS) is 16.1. The number of rotatable bonds is 4. The van der Waals surface area contributed by atoms with Crippen LogP contribution in [0.25, 0.3) is 16.9 Å². The van der Waals surface area contributed by atoms with Gasteiger partial charge in [0.05, 0.1) is 17.5 Å². The van der Waals surface area contributed by atoms with E-state index in [0.29, 0.717) is 12.2 Å². The second kappa shape index (κ2) is 7.31. The molecule has 0 atom stereocenters. The molecule has 1 aliphatic rings. The minimum absolute atomic E-state index is 0.214. The lowest BCUT2D eigenvalue weighted by molar-refractivity contribution is 0.0787. The largest absolute Gasteiger partial charge is 0.393 e. The summed E-state index contributed by atoms with van der Waals surface area (Å²) >= 11 is 0. The maximum atomic E-state index is 13.7. The molecule has 0 unspecified atom stereocenters. The number of halogens is 1. The first-order valence-corrected chi connectivity index (χ1v) is 8.72. The van der Waals surface area contributed by atoms with E-state index in [1.165, 1.54) is 12.1 Å². The number of hydrogen-bond acceptors (Lipinski definition) is 5. The Labute approximate surface area is 150 Å². The predicted octanol–water partition coefficient (Wildman–Crippen LogP) is 2.43. The number of pyridine rings is 1. The highest BCUT2D eigenvalue weighted by atomic mass is 19.1. The molecule has 0 radical (unpaired) electrons. The number of aromatic nitrogens is 4. The Morgan fingerprint density at radius 3 is 2.62 bits per heavy atom. The van der Waals surface area contributed by atoms with Crippen LogP contribution in [0.2, 0.25) is 0 Å². The van der Waals surface area contributed by atoms with Crippen molar-refractivity contribution in [2.75, 3.05) is 13.1 Å². The summed E-state index contributed by atoms with van der Waals surface area (Å²) in [4.78, 5) is 6.34. The van der Waals surface area contributed by atoms with E-state index < -0.39 is 0 Å². The molecule has 0 bridgehead atoms. The fourth-order valence-electron chi connectivity index (χ4n) is 3.30. The Balaban J connectivity index is 1.72. The molecule has 0 amide bonds. The fourth-order valence-corrected chi connectivity index (χ4v) is 3.30. The smallest absolute Gasteiger partial charge is 0.125 e. The van der Waals surface area contributed by atoms with Gasteiger partial charge in [-0.3, -0.25) is 9.88 Å². The Morgan fingerprint density at radius 1 is 1.12 bits per heavy atom. The topological polar surface area (TPSA) is 67.1 Å². The molecule has 6 nitrogen and oxygen atoms in total. The molecule has 3 heterocycles. The number of piperidine rings is 1. The van der Waals surface area contributed by atoms with Crippen molar-refractivity contribution < 1.29 is 9.50 Å². The summed E-state index contributed by atoms with van der Waals surface area (Å²) in [6.07, 6.45) is 4.76. The zero-order valence-electron chi connectivity index (χ0n) is 14.3. The van der Waals surface area contributed by atoms with E-state index in [2.05, 4.69) is 20.2 Å². The van der Waals surface area contributed by atoms with Crippen LogP contribution in [0, 0.1) is 5.82 Å². The minimum Gasteiger partial charge on any atom is -0.393 e. The van der Waals surface area contributed by atoms with Crippen LogP contribution in [0.3, 0.4) is 0 Å². The maximum Gasteiger partial charge on any atom is 0.125 e. The molecule has 26 heavy (non-hydrogen) atoms. The number of benzene rings is 1. The van der Waals surface area contributed by atoms with Crippen LogP contribution in [0.4, 0.5) is 4.39 Å². The van der Waals surface area contributed by atoms with Crippen molar-refractivity contribution in [1.82, 2.24) is 24.9 Å². The molecule has 0 aliphatic carbocycles. The standard InChI is InChI=1S/C19H20FN5O/c20-15-2-1-3-16(12-15)25-19(14-4-8-21-9-5-14)18(22-23-25)13-24-10-6-17(26)7-11-24/h1-5,8-9,12,17,26H,6-7,10-11,13H2. The van der Waals surface area contributed by atoms with Crippen molar-refractivity contribution in [3.8, 4) is 16.9 Å². The molecule has 134 valence electrons. The summed E-state index contributed by atoms with van der Waals surface area (Å²) in [6, 6.07) is 10.1. The van der Waals surface area contributed by atoms with Crippen molar-refractivity contribution in [2.45, 2.75) is 25.5 Å². The summed E-state index contributed by atoms with van der Waals surface area (Å²) < 4.78 is 15.4. The van der Waals surface area contributed by atoms with Gasteiger partial charge in [0.15, 0.2) is 0 Å². The van der Waals surface area contributed by atoms with Gasteiger partial charge in [0.1, 0.15) is 11.5 Å². The summed E-state index contributed by atoms with van der Waals surface area (Å²) in [5, 5.41) is 18.4. The van der Waals surface area contributed by atoms with Crippen LogP contribution in [0.1, 0.15) is 18.5 Å². The second-order valence-corrected chi connectivity index (χ2v) is 6.52. The average Bonchev–Trinajstić information content (AvgIpc) is 3.08. The van der Waals surface area contributed by atoms with Gasteiger partial charge < -0.3 is 5.11 Å². The van der Waals surface area contributed by atoms with Crippen LogP contribution < -0.4 is 0 Å². The Morgan fingerprint density at radius 2 is 1.88 bits per heavy atom. The highest BCUT2D eigenvalue weighted by molar-refractivity contribution is 5.63. The van der Waals surface area contributed by atoms with E-state index in [1.807, 2.05) is 18.2 Å². The quantitative estimate of drug-likeness (QED) is 0.780. The summed E-state index contributed by atoms with van der Waals surface area (Å²) in [6.45, 7) is 2.28. The van der Waals surface area contributed by atoms with Gasteiger partial charge in [-0.15, -0.1) is 5.10 Å². The molecule has 0 spiro atoms. The molecule has 1 N–H and O–H groups in total. The van der Waals surface area contributed by atoms with Gasteiger partial charge in [-0.05, 0) is 43.2 Å². The molecule has 1 aromatic carbocycles. The van der Waals surface area contributed by atoms with E-state index in [1.54, 1.807) is 23.1 Å². The monoisotopic (exact) mass is 353 g/mol. The number of aliphatic hydroxyl groups excluding tert-OH is 1. The van der Waals surface area contributed by atoms with Crippen molar-refractivity contribution >= 4 is 0 Å². The summed E-state index contributed by atoms with van der Waals surface area (Å²) in [5.74, 6) is -0.315. The average molecular weight is 353 g/mol. The molecular weight excluding hydrogens is 333 g/mol. The van der Waals surface area contributed by atoms with Gasteiger partial charge in [0.2, 0.25) is 0 Å². The molecule has 2 aromatic heterocycles. The summed E-state index contributed by atoms with van der Waals surface area (Å²) in [5.41, 5.74) is 3.23. The molecule has 1 saturated heterocycles. The first-order chi connectivity index (χ1) is 12.7. The number of hydrogen-bond donors (Lipinski definition) is 1. The first-order valence-electron chi connectivity index (χ1n) is 8.72. The van der Waals surface area contributed by atoms with Gasteiger partial charge in [-0.25, -0.2) is 9.07 Å². The second-order valence-electron chi connectivity index (χ2n) is 6.52. The van der Waals surface area contributed by atoms with Gasteiger partial charge in [0, 0.05) is 37.6 Å². The molecule has 0 saturated carbocycles. The molecular formula is C19H20FN5O. The Bertz CT molecular complexity index is 875. The van der Waals surface area contributed by atoms with Crippen LogP contribution in [-0.4, -0.2) is 49.2 Å². The maximum absolute atomic E-state index is 13.7. The minimum atomic E-state index is -0.315. The van der Waals surface area contributed by atoms with E-state index >= 15 is 0 Å². The van der Waals surface area contributed by atoms with Crippen LogP contribution in [-0.2, 0) is 6.54 Å². The SMILES string of the molecule is OC1CCN(Cc2nnn(-c3cccc(F)c3)c2-c2ccncc2)CC1. The molecule has 3 aromatic rings. The molecule has 7 heteroatoms. The van der Waals surface area contributed by atoms with Gasteiger partial charge in [0.25, 0.3) is 0 Å². The van der Waals surface area contributed by atoms with Crippen molar-refractivity contribution in [3.05, 3.63) is 60.3 Å². The zero-order chi connectivity index (χ0) is 17.9. The third-order valence-electron chi connectivity index (χ3n) is 4.68. The molecule has 4 rings (SSSR count). The first kappa shape index (κ1) is 16.8. The Kier molecular flexibility index (Phi) is 4.73. The van der Waals surface area contributed by atoms with E-state index in [0.717, 1.165) is 42.9 Å². The van der Waals surface area contributed by atoms with Gasteiger partial charge >= 0.3 is 0 Å². The van der Waals surface area contributed by atoms with E-state index in [4.69, 9.17) is 0 Å². The van der Waals surface area contributed by atoms with Crippen molar-refractivity contribution in [1.29, 1.82) is 0 Å². The lowest BCUT2D eigenvalue weighted by atomic mass is 10.1. The molecule has 1 fully saturated rings. The van der Waals surface area contributed by atoms with Crippen molar-refractivity contribution in [2.24, 2.45) is 0 Å². The highest BCUT2D eigenvalue weighted by Gasteiger charge is 2.22. The van der Waals surface area contributed by atoms with Gasteiger partial charge in [-0.2, -0.15) is 0 Å². The summed E-state index contributed by atoms with van der Waals surface area (Å²) in [7, 11) is 0. The van der Waals surface area contributed by atoms with Gasteiger partial charge in [-0.1, -0.05) is 11.3 Å². The number of aliphatic hydroxyl groups is 1. The predicted molar refractivity (Wildman–Crippen MR) is 95.1 cm³/mol. The lowest BCUT2D eigenvalue weighted by Gasteiger charge is -2.28. The van der Waals surface area contributed by atoms with Crippen LogP contribution in [0.15, 0.2) is 48.8 Å². The molecule has 1 aliphatic heterocycles. The third kappa shape index (κ3) is 3.49. The number of nitrogens with zero attached hydrogens (tertiary/aromatic N) is 5. The van der Waals surface area contributed by atoms with Crippen LogP contribution in [0.5, 0.6) is 0 Å². The van der Waals surface area contributed by atoms with Crippen molar-refractivity contribution in [3.63, 3.8) is 0 Å². The Hall–Kier alpha value is -2.64. The lowest BCUT2D eigenvalue weighted by Crippen LogP contribution is -2.35. The van der Waals surface area contributed by atoms with E-state index in [9.17, 15) is 9.50 Å². The van der Waals surface area contributed by atoms with E-state index in [-0.39, 0.29) is 11.9 Å². The van der Waals surface area contributed by atoms with Crippen LogP contribution >= 0.6 is 0 Å².